The first kappa shape index (κ1) is 21.1. The molecule has 0 saturated heterocycles. The highest BCUT2D eigenvalue weighted by atomic mass is 32.2. The molecule has 0 heterocycles. The summed E-state index contributed by atoms with van der Waals surface area (Å²) < 4.78 is 27.3. The number of hydrogen-bond acceptors (Lipinski definition) is 3. The summed E-state index contributed by atoms with van der Waals surface area (Å²) in [5.74, 6) is -0.221. The van der Waals surface area contributed by atoms with E-state index < -0.39 is 10.0 Å². The molecule has 6 heteroatoms. The van der Waals surface area contributed by atoms with Gasteiger partial charge in [-0.25, -0.2) is 13.1 Å². The van der Waals surface area contributed by atoms with Crippen LogP contribution in [0.1, 0.15) is 47.8 Å². The summed E-state index contributed by atoms with van der Waals surface area (Å²) in [6.07, 6.45) is 0. The van der Waals surface area contributed by atoms with Crippen molar-refractivity contribution in [3.8, 4) is 0 Å². The summed E-state index contributed by atoms with van der Waals surface area (Å²) in [5, 5.41) is 2.74. The molecule has 0 fully saturated rings. The summed E-state index contributed by atoms with van der Waals surface area (Å²) in [5.41, 5.74) is 3.45. The van der Waals surface area contributed by atoms with Crippen LogP contribution < -0.4 is 10.0 Å². The second kappa shape index (κ2) is 8.23. The molecule has 1 amide bonds. The average Bonchev–Trinajstić information content (AvgIpc) is 2.57. The molecule has 2 aromatic rings. The van der Waals surface area contributed by atoms with Gasteiger partial charge in [-0.15, -0.1) is 0 Å². The molecule has 0 aromatic heterocycles. The first-order valence-corrected chi connectivity index (χ1v) is 10.4. The van der Waals surface area contributed by atoms with Gasteiger partial charge in [0, 0.05) is 18.7 Å². The number of benzene rings is 2. The zero-order valence-electron chi connectivity index (χ0n) is 16.6. The van der Waals surface area contributed by atoms with Crippen molar-refractivity contribution in [2.24, 2.45) is 0 Å². The van der Waals surface area contributed by atoms with Gasteiger partial charge in [0.05, 0.1) is 4.90 Å². The van der Waals surface area contributed by atoms with Crippen molar-refractivity contribution >= 4 is 15.9 Å². The number of nitrogens with one attached hydrogen (secondary N) is 2. The lowest BCUT2D eigenvalue weighted by atomic mass is 9.87. The highest BCUT2D eigenvalue weighted by Crippen LogP contribution is 2.22. The second-order valence-electron chi connectivity index (χ2n) is 7.75. The highest BCUT2D eigenvalue weighted by molar-refractivity contribution is 7.89. The molecule has 0 bridgehead atoms. The topological polar surface area (TPSA) is 75.3 Å². The zero-order valence-corrected chi connectivity index (χ0v) is 17.4. The van der Waals surface area contributed by atoms with Crippen molar-refractivity contribution in [1.29, 1.82) is 0 Å². The Bertz CT molecular complexity index is 911. The van der Waals surface area contributed by atoms with Crippen LogP contribution in [0.25, 0.3) is 0 Å². The first-order chi connectivity index (χ1) is 12.5. The second-order valence-corrected chi connectivity index (χ2v) is 9.49. The smallest absolute Gasteiger partial charge is 0.251 e. The van der Waals surface area contributed by atoms with E-state index in [1.54, 1.807) is 31.2 Å². The van der Waals surface area contributed by atoms with Crippen LogP contribution in [0, 0.1) is 13.8 Å². The van der Waals surface area contributed by atoms with Crippen LogP contribution in [0.5, 0.6) is 0 Å². The van der Waals surface area contributed by atoms with Crippen molar-refractivity contribution in [1.82, 2.24) is 10.0 Å². The van der Waals surface area contributed by atoms with E-state index in [2.05, 4.69) is 30.8 Å². The summed E-state index contributed by atoms with van der Waals surface area (Å²) in [7, 11) is -3.59. The Morgan fingerprint density at radius 2 is 1.59 bits per heavy atom. The van der Waals surface area contributed by atoms with E-state index in [4.69, 9.17) is 0 Å². The molecule has 2 rings (SSSR count). The maximum absolute atomic E-state index is 12.4. The van der Waals surface area contributed by atoms with Gasteiger partial charge < -0.3 is 5.32 Å². The van der Waals surface area contributed by atoms with Gasteiger partial charge in [-0.2, -0.15) is 0 Å². The number of hydrogen-bond donors (Lipinski definition) is 2. The number of amides is 1. The fourth-order valence-corrected chi connectivity index (χ4v) is 4.02. The van der Waals surface area contributed by atoms with E-state index in [1.807, 2.05) is 25.1 Å². The van der Waals surface area contributed by atoms with Gasteiger partial charge in [0.25, 0.3) is 5.91 Å². The molecule has 0 radical (unpaired) electrons. The maximum Gasteiger partial charge on any atom is 0.251 e. The minimum Gasteiger partial charge on any atom is -0.351 e. The van der Waals surface area contributed by atoms with Crippen molar-refractivity contribution in [3.05, 3.63) is 64.7 Å². The lowest BCUT2D eigenvalue weighted by Gasteiger charge is -2.19. The van der Waals surface area contributed by atoms with E-state index in [0.717, 1.165) is 11.1 Å². The minimum absolute atomic E-state index is 0.0292. The Hall–Kier alpha value is -2.18. The Kier molecular flexibility index (Phi) is 6.44. The summed E-state index contributed by atoms with van der Waals surface area (Å²) in [6.45, 7) is 10.4. The Balaban J connectivity index is 1.89. The summed E-state index contributed by atoms with van der Waals surface area (Å²) in [4.78, 5) is 12.5. The SMILES string of the molecule is Cc1ccc(S(=O)(=O)NCCNC(=O)c2ccc(C(C)(C)C)cc2)c(C)c1. The third-order valence-corrected chi connectivity index (χ3v) is 5.96. The van der Waals surface area contributed by atoms with Crippen molar-refractivity contribution in [2.45, 2.75) is 44.9 Å². The normalized spacial score (nSPS) is 12.0. The predicted molar refractivity (Wildman–Crippen MR) is 109 cm³/mol. The van der Waals surface area contributed by atoms with Crippen LogP contribution in [-0.2, 0) is 15.4 Å². The summed E-state index contributed by atoms with van der Waals surface area (Å²) in [6, 6.07) is 12.7. The third kappa shape index (κ3) is 5.65. The summed E-state index contributed by atoms with van der Waals surface area (Å²) >= 11 is 0. The van der Waals surface area contributed by atoms with Gasteiger partial charge in [-0.3, -0.25) is 4.79 Å². The van der Waals surface area contributed by atoms with E-state index in [1.165, 1.54) is 0 Å². The molecule has 5 nitrogen and oxygen atoms in total. The van der Waals surface area contributed by atoms with Gasteiger partial charge >= 0.3 is 0 Å². The molecule has 0 atom stereocenters. The maximum atomic E-state index is 12.4. The van der Waals surface area contributed by atoms with Crippen LogP contribution in [0.4, 0.5) is 0 Å². The predicted octanol–water partition coefficient (Wildman–Crippen LogP) is 3.31. The molecule has 0 spiro atoms. The number of sulfonamides is 1. The molecule has 146 valence electrons. The standard InChI is InChI=1S/C21H28N2O3S/c1-15-6-11-19(16(2)14-15)27(25,26)23-13-12-22-20(24)17-7-9-18(10-8-17)21(3,4)5/h6-11,14,23H,12-13H2,1-5H3,(H,22,24). The number of rotatable bonds is 6. The van der Waals surface area contributed by atoms with Crippen molar-refractivity contribution in [2.75, 3.05) is 13.1 Å². The van der Waals surface area contributed by atoms with Crippen molar-refractivity contribution < 1.29 is 13.2 Å². The molecule has 2 N–H and O–H groups in total. The van der Waals surface area contributed by atoms with Crippen LogP contribution in [0.3, 0.4) is 0 Å². The van der Waals surface area contributed by atoms with Gasteiger partial charge in [-0.05, 0) is 48.6 Å². The molecule has 0 unspecified atom stereocenters. The number of carbonyl (C=O) groups excluding carboxylic acids is 1. The van der Waals surface area contributed by atoms with Gasteiger partial charge in [0.15, 0.2) is 0 Å². The Labute approximate surface area is 162 Å². The largest absolute Gasteiger partial charge is 0.351 e. The van der Waals surface area contributed by atoms with Crippen LogP contribution in [-0.4, -0.2) is 27.4 Å². The van der Waals surface area contributed by atoms with E-state index in [9.17, 15) is 13.2 Å². The highest BCUT2D eigenvalue weighted by Gasteiger charge is 2.17. The molecule has 0 aliphatic carbocycles. The first-order valence-electron chi connectivity index (χ1n) is 8.96. The minimum atomic E-state index is -3.59. The fraction of sp³-hybridized carbons (Fsp3) is 0.381. The zero-order chi connectivity index (χ0) is 20.2. The molecular formula is C21H28N2O3S. The molecule has 27 heavy (non-hydrogen) atoms. The van der Waals surface area contributed by atoms with Gasteiger partial charge in [-0.1, -0.05) is 50.6 Å². The lowest BCUT2D eigenvalue weighted by Crippen LogP contribution is -2.35. The number of aryl methyl sites for hydroxylation is 2. The average molecular weight is 389 g/mol. The Morgan fingerprint density at radius 3 is 2.15 bits per heavy atom. The number of carbonyl (C=O) groups is 1. The lowest BCUT2D eigenvalue weighted by molar-refractivity contribution is 0.0954. The molecule has 0 saturated carbocycles. The molecular weight excluding hydrogens is 360 g/mol. The van der Waals surface area contributed by atoms with E-state index >= 15 is 0 Å². The Morgan fingerprint density at radius 1 is 0.963 bits per heavy atom. The molecule has 0 aliphatic heterocycles. The fourth-order valence-electron chi connectivity index (χ4n) is 2.76. The van der Waals surface area contributed by atoms with Gasteiger partial charge in [0.1, 0.15) is 0 Å². The monoisotopic (exact) mass is 388 g/mol. The van der Waals surface area contributed by atoms with Crippen molar-refractivity contribution in [3.63, 3.8) is 0 Å². The quantitative estimate of drug-likeness (QED) is 0.746. The van der Waals surface area contributed by atoms with Crippen LogP contribution >= 0.6 is 0 Å². The van der Waals surface area contributed by atoms with E-state index in [0.29, 0.717) is 11.1 Å². The third-order valence-electron chi connectivity index (χ3n) is 4.34. The van der Waals surface area contributed by atoms with Crippen LogP contribution in [0.2, 0.25) is 0 Å². The van der Waals surface area contributed by atoms with E-state index in [-0.39, 0.29) is 29.3 Å². The van der Waals surface area contributed by atoms with Crippen LogP contribution in [0.15, 0.2) is 47.4 Å². The molecule has 2 aromatic carbocycles. The molecule has 0 aliphatic rings. The van der Waals surface area contributed by atoms with Gasteiger partial charge in [0.2, 0.25) is 10.0 Å².